The van der Waals surface area contributed by atoms with Gasteiger partial charge in [-0.15, -0.1) is 5.10 Å². The number of benzene rings is 2. The highest BCUT2D eigenvalue weighted by Crippen LogP contribution is 2.25. The second kappa shape index (κ2) is 9.78. The van der Waals surface area contributed by atoms with Gasteiger partial charge in [-0.1, -0.05) is 6.07 Å². The van der Waals surface area contributed by atoms with Gasteiger partial charge >= 0.3 is 0 Å². The molecule has 0 atom stereocenters. The molecule has 3 aromatic rings. The molecule has 0 radical (unpaired) electrons. The summed E-state index contributed by atoms with van der Waals surface area (Å²) in [4.78, 5) is 12.5. The first-order valence-corrected chi connectivity index (χ1v) is 10.9. The molecule has 0 aliphatic heterocycles. The molecule has 0 bridgehead atoms. The fourth-order valence-electron chi connectivity index (χ4n) is 3.59. The summed E-state index contributed by atoms with van der Waals surface area (Å²) in [6.07, 6.45) is 4.68. The predicted molar refractivity (Wildman–Crippen MR) is 119 cm³/mol. The number of carbonyl (C=O) groups excluding carboxylic acids is 1. The van der Waals surface area contributed by atoms with Gasteiger partial charge in [0.1, 0.15) is 18.0 Å². The number of ether oxygens (including phenoxy) is 2. The summed E-state index contributed by atoms with van der Waals surface area (Å²) in [5.41, 5.74) is 3.42. The van der Waals surface area contributed by atoms with Crippen LogP contribution in [0.5, 0.6) is 11.5 Å². The number of rotatable bonds is 8. The minimum atomic E-state index is -0.254. The van der Waals surface area contributed by atoms with Crippen molar-refractivity contribution < 1.29 is 18.7 Å². The summed E-state index contributed by atoms with van der Waals surface area (Å²) in [5, 5.41) is 7.08. The van der Waals surface area contributed by atoms with Gasteiger partial charge in [0, 0.05) is 5.69 Å². The standard InChI is InChI=1S/C23H25N3O4S/c1-2-28-19-11-8-18(9-12-19)24-21(27)14-26-23(31)30-22(25-26)15-29-20-10-7-16-5-3-4-6-17(16)13-20/h7-13H,2-6,14-15H2,1H3,(H,24,27). The van der Waals surface area contributed by atoms with Crippen LogP contribution in [-0.2, 0) is 30.8 Å². The molecule has 1 aliphatic carbocycles. The average molecular weight is 440 g/mol. The van der Waals surface area contributed by atoms with Gasteiger partial charge in [-0.2, -0.15) is 0 Å². The molecule has 8 heteroatoms. The van der Waals surface area contributed by atoms with Crippen molar-refractivity contribution in [1.82, 2.24) is 9.78 Å². The third-order valence-electron chi connectivity index (χ3n) is 5.07. The van der Waals surface area contributed by atoms with Gasteiger partial charge in [0.2, 0.25) is 5.91 Å². The van der Waals surface area contributed by atoms with Gasteiger partial charge in [0.15, 0.2) is 6.61 Å². The van der Waals surface area contributed by atoms with Crippen LogP contribution in [0.1, 0.15) is 36.8 Å². The highest BCUT2D eigenvalue weighted by atomic mass is 32.1. The number of fused-ring (bicyclic) bond motifs is 1. The summed E-state index contributed by atoms with van der Waals surface area (Å²) in [6.45, 7) is 2.61. The molecule has 2 aromatic carbocycles. The fraction of sp³-hybridized carbons (Fsp3) is 0.348. The molecular weight excluding hydrogens is 414 g/mol. The van der Waals surface area contributed by atoms with E-state index in [4.69, 9.17) is 26.1 Å². The molecule has 1 N–H and O–H groups in total. The number of aromatic nitrogens is 2. The van der Waals surface area contributed by atoms with Crippen molar-refractivity contribution in [1.29, 1.82) is 0 Å². The van der Waals surface area contributed by atoms with Gasteiger partial charge in [-0.05, 0) is 92.4 Å². The number of aryl methyl sites for hydroxylation is 2. The monoisotopic (exact) mass is 439 g/mol. The van der Waals surface area contributed by atoms with E-state index in [2.05, 4.69) is 22.5 Å². The van der Waals surface area contributed by atoms with Gasteiger partial charge in [0.05, 0.1) is 6.61 Å². The zero-order valence-corrected chi connectivity index (χ0v) is 18.2. The lowest BCUT2D eigenvalue weighted by Gasteiger charge is -2.16. The number of amides is 1. The van der Waals surface area contributed by atoms with E-state index in [0.717, 1.165) is 24.3 Å². The molecule has 0 fully saturated rings. The van der Waals surface area contributed by atoms with Crippen molar-refractivity contribution in [2.75, 3.05) is 11.9 Å². The van der Waals surface area contributed by atoms with Crippen molar-refractivity contribution in [2.45, 2.75) is 45.8 Å². The van der Waals surface area contributed by atoms with Crippen LogP contribution in [0, 0.1) is 4.84 Å². The molecule has 0 saturated carbocycles. The Morgan fingerprint density at radius 3 is 2.61 bits per heavy atom. The first-order valence-electron chi connectivity index (χ1n) is 10.4. The maximum atomic E-state index is 12.3. The Kier molecular flexibility index (Phi) is 6.66. The lowest BCUT2D eigenvalue weighted by atomic mass is 9.92. The van der Waals surface area contributed by atoms with Crippen molar-refractivity contribution in [3.05, 3.63) is 64.3 Å². The minimum Gasteiger partial charge on any atom is -0.494 e. The van der Waals surface area contributed by atoms with Gasteiger partial charge < -0.3 is 19.2 Å². The summed E-state index contributed by atoms with van der Waals surface area (Å²) in [7, 11) is 0. The maximum absolute atomic E-state index is 12.3. The third-order valence-corrected chi connectivity index (χ3v) is 5.37. The highest BCUT2D eigenvalue weighted by Gasteiger charge is 2.13. The Bertz CT molecular complexity index is 1100. The summed E-state index contributed by atoms with van der Waals surface area (Å²) in [5.74, 6) is 1.61. The van der Waals surface area contributed by atoms with Gasteiger partial charge in [-0.25, -0.2) is 4.68 Å². The van der Waals surface area contributed by atoms with E-state index in [1.807, 2.05) is 13.0 Å². The van der Waals surface area contributed by atoms with Crippen molar-refractivity contribution in [3.63, 3.8) is 0 Å². The summed E-state index contributed by atoms with van der Waals surface area (Å²) < 4.78 is 18.1. The second-order valence-corrected chi connectivity index (χ2v) is 7.70. The molecule has 162 valence electrons. The van der Waals surface area contributed by atoms with Crippen LogP contribution in [0.15, 0.2) is 46.9 Å². The first-order chi connectivity index (χ1) is 15.1. The predicted octanol–water partition coefficient (Wildman–Crippen LogP) is 4.70. The Labute approximate surface area is 186 Å². The number of nitrogens with one attached hydrogen (secondary N) is 1. The minimum absolute atomic E-state index is 0.0472. The molecule has 1 aromatic heterocycles. The Morgan fingerprint density at radius 1 is 1.10 bits per heavy atom. The molecule has 31 heavy (non-hydrogen) atoms. The SMILES string of the molecule is CCOc1ccc(NC(=O)Cn2nc(COc3ccc4c(c3)CCCC4)oc2=S)cc1. The zero-order valence-electron chi connectivity index (χ0n) is 17.4. The quantitative estimate of drug-likeness (QED) is 0.513. The third kappa shape index (κ3) is 5.52. The van der Waals surface area contributed by atoms with Crippen molar-refractivity contribution in [2.24, 2.45) is 0 Å². The van der Waals surface area contributed by atoms with Crippen molar-refractivity contribution >= 4 is 23.8 Å². The highest BCUT2D eigenvalue weighted by molar-refractivity contribution is 7.71. The van der Waals surface area contributed by atoms with E-state index in [1.54, 1.807) is 24.3 Å². The van der Waals surface area contributed by atoms with Crippen LogP contribution >= 0.6 is 12.2 Å². The number of anilines is 1. The maximum Gasteiger partial charge on any atom is 0.287 e. The van der Waals surface area contributed by atoms with E-state index in [9.17, 15) is 4.79 Å². The molecule has 0 unspecified atom stereocenters. The van der Waals surface area contributed by atoms with Crippen LogP contribution in [0.4, 0.5) is 5.69 Å². The molecule has 1 heterocycles. The molecule has 7 nitrogen and oxygen atoms in total. The van der Waals surface area contributed by atoms with E-state index in [1.165, 1.54) is 28.7 Å². The molecule has 0 saturated heterocycles. The van der Waals surface area contributed by atoms with E-state index >= 15 is 0 Å². The lowest BCUT2D eigenvalue weighted by Crippen LogP contribution is -2.19. The van der Waals surface area contributed by atoms with Crippen molar-refractivity contribution in [3.8, 4) is 11.5 Å². The van der Waals surface area contributed by atoms with E-state index in [0.29, 0.717) is 18.2 Å². The number of carbonyl (C=O) groups is 1. The average Bonchev–Trinajstić information content (AvgIpc) is 3.12. The molecule has 1 aliphatic rings. The molecule has 0 spiro atoms. The van der Waals surface area contributed by atoms with Gasteiger partial charge in [0.25, 0.3) is 10.7 Å². The molecule has 4 rings (SSSR count). The van der Waals surface area contributed by atoms with Crippen LogP contribution in [0.3, 0.4) is 0 Å². The second-order valence-electron chi connectivity index (χ2n) is 7.35. The Morgan fingerprint density at radius 2 is 1.84 bits per heavy atom. The summed E-state index contributed by atoms with van der Waals surface area (Å²) in [6, 6.07) is 13.4. The van der Waals surface area contributed by atoms with Crippen LogP contribution in [-0.4, -0.2) is 22.3 Å². The largest absolute Gasteiger partial charge is 0.494 e. The number of hydrogen-bond donors (Lipinski definition) is 1. The molecular formula is C23H25N3O4S. The normalized spacial score (nSPS) is 12.8. The van der Waals surface area contributed by atoms with Crippen LogP contribution in [0.25, 0.3) is 0 Å². The van der Waals surface area contributed by atoms with E-state index < -0.39 is 0 Å². The first kappa shape index (κ1) is 21.1. The molecule has 1 amide bonds. The zero-order chi connectivity index (χ0) is 21.6. The summed E-state index contributed by atoms with van der Waals surface area (Å²) >= 11 is 5.19. The smallest absolute Gasteiger partial charge is 0.287 e. The Hall–Kier alpha value is -3.13. The van der Waals surface area contributed by atoms with Crippen LogP contribution in [0.2, 0.25) is 0 Å². The number of nitrogens with zero attached hydrogens (tertiary/aromatic N) is 2. The lowest BCUT2D eigenvalue weighted by molar-refractivity contribution is -0.117. The fourth-order valence-corrected chi connectivity index (χ4v) is 3.79. The Balaban J connectivity index is 1.33. The van der Waals surface area contributed by atoms with Gasteiger partial charge in [-0.3, -0.25) is 4.79 Å². The van der Waals surface area contributed by atoms with Crippen LogP contribution < -0.4 is 14.8 Å². The number of hydrogen-bond acceptors (Lipinski definition) is 6. The topological polar surface area (TPSA) is 78.5 Å². The van der Waals surface area contributed by atoms with E-state index in [-0.39, 0.29) is 23.9 Å².